The van der Waals surface area contributed by atoms with E-state index in [1.165, 1.54) is 10.1 Å². The second kappa shape index (κ2) is 4.42. The van der Waals surface area contributed by atoms with Gasteiger partial charge in [0.15, 0.2) is 0 Å². The van der Waals surface area contributed by atoms with E-state index in [-0.39, 0.29) is 0 Å². The Morgan fingerprint density at radius 3 is 2.89 bits per heavy atom. The lowest BCUT2D eigenvalue weighted by atomic mass is 9.99. The van der Waals surface area contributed by atoms with Gasteiger partial charge in [-0.2, -0.15) is 0 Å². The fourth-order valence-electron chi connectivity index (χ4n) is 1.81. The molecule has 0 aliphatic rings. The number of fused-ring (bicyclic) bond motifs is 1. The third-order valence-electron chi connectivity index (χ3n) is 2.65. The quantitative estimate of drug-likeness (QED) is 0.711. The summed E-state index contributed by atoms with van der Waals surface area (Å²) in [5.41, 5.74) is 1.68. The minimum absolute atomic E-state index is 0.651. The lowest BCUT2D eigenvalue weighted by molar-refractivity contribution is 1.22. The molecular weight excluding hydrogens is 241 g/mol. The largest absolute Gasteiger partial charge is 0.325 e. The van der Waals surface area contributed by atoms with Crippen molar-refractivity contribution in [1.29, 1.82) is 0 Å². The number of hydrogen-bond donors (Lipinski definition) is 1. The molecule has 2 radical (unpaired) electrons. The van der Waals surface area contributed by atoms with Gasteiger partial charge in [0.1, 0.15) is 19.5 Å². The summed E-state index contributed by atoms with van der Waals surface area (Å²) in [5.74, 6) is 1.54. The molecule has 0 amide bonds. The summed E-state index contributed by atoms with van der Waals surface area (Å²) >= 11 is 1.71. The Balaban J connectivity index is 1.97. The van der Waals surface area contributed by atoms with Crippen molar-refractivity contribution in [2.24, 2.45) is 0 Å². The average Bonchev–Trinajstić information content (AvgIpc) is 2.81. The van der Waals surface area contributed by atoms with Crippen LogP contribution in [0, 0.1) is 6.92 Å². The first-order valence-corrected chi connectivity index (χ1v) is 6.44. The lowest BCUT2D eigenvalue weighted by Crippen LogP contribution is -2.04. The second-order valence-corrected chi connectivity index (χ2v) is 4.95. The smallest absolute Gasteiger partial charge is 0.132 e. The van der Waals surface area contributed by atoms with E-state index in [0.717, 1.165) is 17.3 Å². The summed E-state index contributed by atoms with van der Waals surface area (Å²) in [7, 11) is 5.60. The molecule has 0 aliphatic heterocycles. The topological polar surface area (TPSA) is 37.8 Å². The van der Waals surface area contributed by atoms with Crippen LogP contribution in [0.2, 0.25) is 0 Å². The number of rotatable bonds is 2. The van der Waals surface area contributed by atoms with Crippen molar-refractivity contribution < 1.29 is 0 Å². The Morgan fingerprint density at radius 1 is 1.22 bits per heavy atom. The molecule has 0 saturated heterocycles. The number of anilines is 2. The predicted octanol–water partition coefficient (Wildman–Crippen LogP) is 2.54. The van der Waals surface area contributed by atoms with Gasteiger partial charge < -0.3 is 5.32 Å². The molecule has 0 aromatic carbocycles. The van der Waals surface area contributed by atoms with Crippen LogP contribution in [-0.2, 0) is 0 Å². The van der Waals surface area contributed by atoms with Crippen LogP contribution in [0.4, 0.5) is 11.6 Å². The van der Waals surface area contributed by atoms with Gasteiger partial charge in [0.2, 0.25) is 0 Å². The summed E-state index contributed by atoms with van der Waals surface area (Å²) in [5, 5.41) is 6.45. The summed E-state index contributed by atoms with van der Waals surface area (Å²) in [4.78, 5) is 8.72. The first-order valence-electron chi connectivity index (χ1n) is 5.56. The first-order chi connectivity index (χ1) is 8.72. The molecule has 1 N–H and O–H groups in total. The normalized spacial score (nSPS) is 10.7. The molecule has 5 heteroatoms. The van der Waals surface area contributed by atoms with Gasteiger partial charge in [-0.25, -0.2) is 9.97 Å². The minimum atomic E-state index is 0.651. The zero-order valence-electron chi connectivity index (χ0n) is 9.84. The van der Waals surface area contributed by atoms with Gasteiger partial charge in [-0.3, -0.25) is 0 Å². The van der Waals surface area contributed by atoms with E-state index in [1.807, 2.05) is 25.1 Å². The third kappa shape index (κ3) is 2.09. The molecule has 0 fully saturated rings. The predicted molar refractivity (Wildman–Crippen MR) is 77.3 cm³/mol. The summed E-state index contributed by atoms with van der Waals surface area (Å²) < 4.78 is 1.23. The summed E-state index contributed by atoms with van der Waals surface area (Å²) in [6.07, 6.45) is 1.62. The number of aryl methyl sites for hydroxylation is 1. The molecule has 18 heavy (non-hydrogen) atoms. The molecule has 3 nitrogen and oxygen atoms in total. The number of nitrogens with zero attached hydrogens (tertiary/aromatic N) is 2. The molecule has 3 aromatic rings. The van der Waals surface area contributed by atoms with Crippen molar-refractivity contribution in [3.63, 3.8) is 0 Å². The van der Waals surface area contributed by atoms with Crippen LogP contribution in [0.25, 0.3) is 10.1 Å². The molecule has 0 spiro atoms. The number of thiophene rings is 1. The van der Waals surface area contributed by atoms with E-state index in [1.54, 1.807) is 17.5 Å². The number of nitrogens with one attached hydrogen (secondary N) is 1. The zero-order valence-corrected chi connectivity index (χ0v) is 10.7. The van der Waals surface area contributed by atoms with Crippen LogP contribution in [0.15, 0.2) is 35.8 Å². The Hall–Kier alpha value is -1.88. The van der Waals surface area contributed by atoms with Gasteiger partial charge in [0.05, 0.1) is 10.4 Å². The van der Waals surface area contributed by atoms with Gasteiger partial charge in [0.25, 0.3) is 0 Å². The molecule has 0 bridgehead atoms. The highest BCUT2D eigenvalue weighted by Crippen LogP contribution is 2.26. The standard InChI is InChI=1S/C13H10BN3S/c1-8-13-9(4-5-18-13)6-12(16-8)17-11-3-2-10(14)7-15-11/h2-7H,1H3,(H,15,16,17). The third-order valence-corrected chi connectivity index (χ3v) is 3.69. The van der Waals surface area contributed by atoms with Crippen molar-refractivity contribution in [1.82, 2.24) is 9.97 Å². The lowest BCUT2D eigenvalue weighted by Gasteiger charge is -2.06. The summed E-state index contributed by atoms with van der Waals surface area (Å²) in [6.45, 7) is 2.01. The highest BCUT2D eigenvalue weighted by atomic mass is 32.1. The average molecular weight is 251 g/mol. The van der Waals surface area contributed by atoms with Crippen molar-refractivity contribution in [3.05, 3.63) is 41.5 Å². The molecule has 0 saturated carbocycles. The number of aromatic nitrogens is 2. The molecule has 0 unspecified atom stereocenters. The molecular formula is C13H10BN3S. The molecule has 0 aliphatic carbocycles. The Kier molecular flexibility index (Phi) is 2.76. The van der Waals surface area contributed by atoms with Crippen LogP contribution in [0.3, 0.4) is 0 Å². The van der Waals surface area contributed by atoms with Crippen LogP contribution in [0.1, 0.15) is 5.69 Å². The summed E-state index contributed by atoms with van der Waals surface area (Å²) in [6, 6.07) is 7.77. The Morgan fingerprint density at radius 2 is 2.11 bits per heavy atom. The SMILES string of the molecule is [B]c1ccc(Nc2cc3ccsc3c(C)n2)nc1. The monoisotopic (exact) mass is 251 g/mol. The van der Waals surface area contributed by atoms with E-state index >= 15 is 0 Å². The highest BCUT2D eigenvalue weighted by molar-refractivity contribution is 7.17. The van der Waals surface area contributed by atoms with Crippen molar-refractivity contribution >= 4 is 46.4 Å². The van der Waals surface area contributed by atoms with Crippen LogP contribution < -0.4 is 10.8 Å². The maximum Gasteiger partial charge on any atom is 0.132 e. The van der Waals surface area contributed by atoms with E-state index in [2.05, 4.69) is 26.7 Å². The molecule has 0 atom stereocenters. The van der Waals surface area contributed by atoms with Gasteiger partial charge in [0, 0.05) is 6.20 Å². The Labute approximate surface area is 110 Å². The maximum absolute atomic E-state index is 5.60. The van der Waals surface area contributed by atoms with Gasteiger partial charge in [-0.15, -0.1) is 11.3 Å². The van der Waals surface area contributed by atoms with Crippen molar-refractivity contribution in [2.75, 3.05) is 5.32 Å². The van der Waals surface area contributed by atoms with Gasteiger partial charge in [-0.05, 0) is 35.9 Å². The van der Waals surface area contributed by atoms with E-state index < -0.39 is 0 Å². The van der Waals surface area contributed by atoms with Gasteiger partial charge in [-0.1, -0.05) is 11.5 Å². The van der Waals surface area contributed by atoms with E-state index in [9.17, 15) is 0 Å². The van der Waals surface area contributed by atoms with Gasteiger partial charge >= 0.3 is 0 Å². The van der Waals surface area contributed by atoms with Crippen LogP contribution in [-0.4, -0.2) is 17.8 Å². The minimum Gasteiger partial charge on any atom is -0.325 e. The molecule has 3 rings (SSSR count). The fraction of sp³-hybridized carbons (Fsp3) is 0.0769. The van der Waals surface area contributed by atoms with Crippen LogP contribution in [0.5, 0.6) is 0 Å². The fourth-order valence-corrected chi connectivity index (χ4v) is 2.64. The molecule has 86 valence electrons. The first kappa shape index (κ1) is 11.2. The highest BCUT2D eigenvalue weighted by Gasteiger charge is 2.04. The number of hydrogen-bond acceptors (Lipinski definition) is 4. The van der Waals surface area contributed by atoms with Crippen molar-refractivity contribution in [2.45, 2.75) is 6.92 Å². The van der Waals surface area contributed by atoms with Crippen LogP contribution >= 0.6 is 11.3 Å². The molecule has 3 aromatic heterocycles. The zero-order chi connectivity index (χ0) is 12.5. The van der Waals surface area contributed by atoms with E-state index in [0.29, 0.717) is 5.46 Å². The second-order valence-electron chi connectivity index (χ2n) is 4.03. The Bertz CT molecular complexity index is 691. The van der Waals surface area contributed by atoms with Crippen molar-refractivity contribution in [3.8, 4) is 0 Å². The molecule has 3 heterocycles. The maximum atomic E-state index is 5.60. The number of pyridine rings is 2. The van der Waals surface area contributed by atoms with E-state index in [4.69, 9.17) is 7.85 Å².